The molecule has 2 atom stereocenters. The summed E-state index contributed by atoms with van der Waals surface area (Å²) in [6, 6.07) is 5.86. The van der Waals surface area contributed by atoms with Gasteiger partial charge in [-0.2, -0.15) is 0 Å². The van der Waals surface area contributed by atoms with Gasteiger partial charge in [-0.15, -0.1) is 0 Å². The lowest BCUT2D eigenvalue weighted by Gasteiger charge is -2.37. The summed E-state index contributed by atoms with van der Waals surface area (Å²) in [5, 5.41) is 0. The van der Waals surface area contributed by atoms with E-state index < -0.39 is 0 Å². The average Bonchev–Trinajstić information content (AvgIpc) is 2.82. The fraction of sp³-hybridized carbons (Fsp3) is 0.600. The van der Waals surface area contributed by atoms with Crippen LogP contribution in [0.25, 0.3) is 0 Å². The van der Waals surface area contributed by atoms with Gasteiger partial charge in [-0.1, -0.05) is 12.1 Å². The number of ether oxygens (including phenoxy) is 3. The average molecular weight is 263 g/mol. The van der Waals surface area contributed by atoms with E-state index in [4.69, 9.17) is 19.9 Å². The molecule has 2 heterocycles. The summed E-state index contributed by atoms with van der Waals surface area (Å²) in [6.45, 7) is 4.24. The number of nitrogens with two attached hydrogens (primary N) is 1. The minimum atomic E-state index is -0.125. The van der Waals surface area contributed by atoms with E-state index in [0.717, 1.165) is 43.8 Å². The smallest absolute Gasteiger partial charge is 0.145 e. The first kappa shape index (κ1) is 12.8. The molecule has 19 heavy (non-hydrogen) atoms. The molecule has 4 heteroatoms. The van der Waals surface area contributed by atoms with Gasteiger partial charge in [0.15, 0.2) is 0 Å². The van der Waals surface area contributed by atoms with E-state index in [9.17, 15) is 0 Å². The van der Waals surface area contributed by atoms with Gasteiger partial charge in [0, 0.05) is 25.9 Å². The van der Waals surface area contributed by atoms with Crippen LogP contribution in [0.4, 0.5) is 5.69 Å². The van der Waals surface area contributed by atoms with Crippen LogP contribution in [-0.2, 0) is 9.47 Å². The first-order valence-corrected chi connectivity index (χ1v) is 6.92. The van der Waals surface area contributed by atoms with Gasteiger partial charge in [0.25, 0.3) is 0 Å². The standard InChI is InChI=1S/C15H21NO3/c1-11-3-2-4-13(16)14(11)19-12-5-7-18-15(9-12)6-8-17-10-15/h2-4,12H,5-10,16H2,1H3. The second-order valence-corrected chi connectivity index (χ2v) is 5.56. The molecule has 2 aliphatic rings. The summed E-state index contributed by atoms with van der Waals surface area (Å²) in [5.41, 5.74) is 7.68. The highest BCUT2D eigenvalue weighted by Gasteiger charge is 2.42. The fourth-order valence-electron chi connectivity index (χ4n) is 2.95. The lowest BCUT2D eigenvalue weighted by atomic mass is 9.91. The Hall–Kier alpha value is -1.26. The summed E-state index contributed by atoms with van der Waals surface area (Å²) >= 11 is 0. The number of rotatable bonds is 2. The molecule has 0 radical (unpaired) electrons. The van der Waals surface area contributed by atoms with E-state index in [1.165, 1.54) is 0 Å². The predicted molar refractivity (Wildman–Crippen MR) is 73.4 cm³/mol. The number of hydrogen-bond donors (Lipinski definition) is 1. The molecule has 1 aromatic carbocycles. The van der Waals surface area contributed by atoms with Crippen molar-refractivity contribution in [1.82, 2.24) is 0 Å². The van der Waals surface area contributed by atoms with E-state index in [2.05, 4.69) is 0 Å². The van der Waals surface area contributed by atoms with Crippen LogP contribution in [0.3, 0.4) is 0 Å². The van der Waals surface area contributed by atoms with Crippen LogP contribution >= 0.6 is 0 Å². The molecule has 0 aromatic heterocycles. The summed E-state index contributed by atoms with van der Waals surface area (Å²) in [4.78, 5) is 0. The molecule has 4 nitrogen and oxygen atoms in total. The molecule has 1 aromatic rings. The number of benzene rings is 1. The van der Waals surface area contributed by atoms with Crippen molar-refractivity contribution in [2.75, 3.05) is 25.6 Å². The first-order chi connectivity index (χ1) is 9.19. The van der Waals surface area contributed by atoms with Crippen molar-refractivity contribution in [3.63, 3.8) is 0 Å². The molecule has 0 aliphatic carbocycles. The van der Waals surface area contributed by atoms with Crippen LogP contribution in [0.15, 0.2) is 18.2 Å². The maximum absolute atomic E-state index is 6.14. The topological polar surface area (TPSA) is 53.7 Å². The van der Waals surface area contributed by atoms with Gasteiger partial charge in [0.2, 0.25) is 0 Å². The molecule has 1 spiro atoms. The quantitative estimate of drug-likeness (QED) is 0.832. The number of nitrogen functional groups attached to an aromatic ring is 1. The number of anilines is 1. The first-order valence-electron chi connectivity index (χ1n) is 6.92. The zero-order valence-corrected chi connectivity index (χ0v) is 11.4. The normalized spacial score (nSPS) is 30.7. The van der Waals surface area contributed by atoms with Gasteiger partial charge in [-0.3, -0.25) is 0 Å². The van der Waals surface area contributed by atoms with Crippen molar-refractivity contribution in [3.8, 4) is 5.75 Å². The van der Waals surface area contributed by atoms with Crippen LogP contribution in [0.2, 0.25) is 0 Å². The van der Waals surface area contributed by atoms with Crippen LogP contribution in [0, 0.1) is 6.92 Å². The molecule has 2 unspecified atom stereocenters. The highest BCUT2D eigenvalue weighted by atomic mass is 16.6. The van der Waals surface area contributed by atoms with Crippen molar-refractivity contribution in [1.29, 1.82) is 0 Å². The lowest BCUT2D eigenvalue weighted by Crippen LogP contribution is -2.44. The number of aryl methyl sites for hydroxylation is 1. The monoisotopic (exact) mass is 263 g/mol. The molecule has 0 bridgehead atoms. The molecular weight excluding hydrogens is 242 g/mol. The molecule has 3 rings (SSSR count). The Morgan fingerprint density at radius 1 is 1.37 bits per heavy atom. The Morgan fingerprint density at radius 3 is 3.00 bits per heavy atom. The maximum Gasteiger partial charge on any atom is 0.145 e. The van der Waals surface area contributed by atoms with Crippen molar-refractivity contribution < 1.29 is 14.2 Å². The highest BCUT2D eigenvalue weighted by molar-refractivity contribution is 5.56. The van der Waals surface area contributed by atoms with Crippen LogP contribution in [0.5, 0.6) is 5.75 Å². The molecular formula is C15H21NO3. The largest absolute Gasteiger partial charge is 0.488 e. The van der Waals surface area contributed by atoms with E-state index >= 15 is 0 Å². The molecule has 2 fully saturated rings. The fourth-order valence-corrected chi connectivity index (χ4v) is 2.95. The number of hydrogen-bond acceptors (Lipinski definition) is 4. The van der Waals surface area contributed by atoms with E-state index in [1.807, 2.05) is 25.1 Å². The van der Waals surface area contributed by atoms with Crippen LogP contribution < -0.4 is 10.5 Å². The molecule has 2 N–H and O–H groups in total. The van der Waals surface area contributed by atoms with Crippen LogP contribution in [0.1, 0.15) is 24.8 Å². The molecule has 104 valence electrons. The van der Waals surface area contributed by atoms with Crippen LogP contribution in [-0.4, -0.2) is 31.5 Å². The predicted octanol–water partition coefficient (Wildman–Crippen LogP) is 2.29. The second-order valence-electron chi connectivity index (χ2n) is 5.56. The zero-order valence-electron chi connectivity index (χ0n) is 11.4. The molecule has 2 aliphatic heterocycles. The number of para-hydroxylation sites is 1. The van der Waals surface area contributed by atoms with Gasteiger partial charge in [-0.05, 0) is 18.6 Å². The van der Waals surface area contributed by atoms with E-state index in [0.29, 0.717) is 12.3 Å². The van der Waals surface area contributed by atoms with E-state index in [-0.39, 0.29) is 11.7 Å². The Kier molecular flexibility index (Phi) is 3.37. The Balaban J connectivity index is 1.73. The third-order valence-corrected chi connectivity index (χ3v) is 4.04. The molecule has 0 saturated carbocycles. The Bertz CT molecular complexity index is 434. The minimum Gasteiger partial charge on any atom is -0.488 e. The van der Waals surface area contributed by atoms with Gasteiger partial charge in [-0.25, -0.2) is 0 Å². The summed E-state index contributed by atoms with van der Waals surface area (Å²) in [6.07, 6.45) is 2.94. The summed E-state index contributed by atoms with van der Waals surface area (Å²) < 4.78 is 17.5. The zero-order chi connectivity index (χ0) is 13.3. The Labute approximate surface area is 113 Å². The lowest BCUT2D eigenvalue weighted by molar-refractivity contribution is -0.112. The van der Waals surface area contributed by atoms with Crippen molar-refractivity contribution in [3.05, 3.63) is 23.8 Å². The summed E-state index contributed by atoms with van der Waals surface area (Å²) in [5.74, 6) is 0.823. The van der Waals surface area contributed by atoms with Crippen molar-refractivity contribution in [2.45, 2.75) is 37.9 Å². The second kappa shape index (κ2) is 5.02. The van der Waals surface area contributed by atoms with Gasteiger partial charge in [0.05, 0.1) is 24.5 Å². The Morgan fingerprint density at radius 2 is 2.26 bits per heavy atom. The maximum atomic E-state index is 6.14. The third-order valence-electron chi connectivity index (χ3n) is 4.04. The molecule has 0 amide bonds. The van der Waals surface area contributed by atoms with Gasteiger partial charge >= 0.3 is 0 Å². The summed E-state index contributed by atoms with van der Waals surface area (Å²) in [7, 11) is 0. The SMILES string of the molecule is Cc1cccc(N)c1OC1CCOC2(CCOC2)C1. The third kappa shape index (κ3) is 2.55. The molecule has 2 saturated heterocycles. The van der Waals surface area contributed by atoms with Crippen molar-refractivity contribution in [2.24, 2.45) is 0 Å². The van der Waals surface area contributed by atoms with Gasteiger partial charge < -0.3 is 19.9 Å². The van der Waals surface area contributed by atoms with Crippen molar-refractivity contribution >= 4 is 5.69 Å². The van der Waals surface area contributed by atoms with Gasteiger partial charge in [0.1, 0.15) is 11.9 Å². The highest BCUT2D eigenvalue weighted by Crippen LogP contribution is 2.36. The van der Waals surface area contributed by atoms with E-state index in [1.54, 1.807) is 0 Å². The minimum absolute atomic E-state index is 0.125.